The van der Waals surface area contributed by atoms with Gasteiger partial charge < -0.3 is 15.7 Å². The molecular formula is C21H34N2O. The first-order valence-corrected chi connectivity index (χ1v) is 9.92. The van der Waals surface area contributed by atoms with Gasteiger partial charge in [0.2, 0.25) is 0 Å². The van der Waals surface area contributed by atoms with E-state index in [4.69, 9.17) is 0 Å². The van der Waals surface area contributed by atoms with E-state index in [0.717, 1.165) is 19.3 Å². The highest BCUT2D eigenvalue weighted by atomic mass is 16.3. The Hall–Kier alpha value is -0.800. The van der Waals surface area contributed by atoms with E-state index in [-0.39, 0.29) is 11.5 Å². The van der Waals surface area contributed by atoms with E-state index in [9.17, 15) is 5.11 Å². The first kappa shape index (κ1) is 16.7. The smallest absolute Gasteiger partial charge is 0.0578 e. The molecule has 0 saturated heterocycles. The van der Waals surface area contributed by atoms with Gasteiger partial charge in [0.05, 0.1) is 6.10 Å². The van der Waals surface area contributed by atoms with Crippen molar-refractivity contribution in [2.45, 2.75) is 70.9 Å². The molecule has 0 amide bonds. The Kier molecular flexibility index (Phi) is 3.89. The summed E-state index contributed by atoms with van der Waals surface area (Å²) in [6.07, 6.45) is 10.5. The predicted octanol–water partition coefficient (Wildman–Crippen LogP) is 3.37. The van der Waals surface area contributed by atoms with Crippen molar-refractivity contribution in [1.82, 2.24) is 10.6 Å². The van der Waals surface area contributed by atoms with E-state index in [1.165, 1.54) is 37.0 Å². The molecule has 4 aliphatic rings. The Labute approximate surface area is 147 Å². The molecular weight excluding hydrogens is 296 g/mol. The summed E-state index contributed by atoms with van der Waals surface area (Å²) in [7, 11) is 4.22. The Bertz CT molecular complexity index is 591. The molecule has 3 N–H and O–H groups in total. The third-order valence-corrected chi connectivity index (χ3v) is 8.26. The SMILES string of the molecule is CNC1=C2[C@@H](CC[C@]3(C)C(NC)CC[C@@H]23)[C@@]2(C)CCC(O)CC2=C1. The van der Waals surface area contributed by atoms with Gasteiger partial charge in [0.1, 0.15) is 0 Å². The zero-order valence-electron chi connectivity index (χ0n) is 15.8. The second-order valence-electron chi connectivity index (χ2n) is 9.17. The van der Waals surface area contributed by atoms with Crippen molar-refractivity contribution >= 4 is 0 Å². The Morgan fingerprint density at radius 2 is 1.83 bits per heavy atom. The first-order valence-electron chi connectivity index (χ1n) is 9.92. The molecule has 6 atom stereocenters. The van der Waals surface area contributed by atoms with Crippen LogP contribution in [0.5, 0.6) is 0 Å². The number of rotatable bonds is 2. The molecule has 0 aromatic rings. The standard InChI is InChI=1S/C21H34N2O/c1-20-9-7-14(24)11-13(20)12-17(22-3)19-15-5-6-18(23-4)21(15,2)10-8-16(19)20/h12,14-16,18,22-24H,5-11H2,1-4H3/t14?,15-,16+,18?,20-,21-/m0/s1. The van der Waals surface area contributed by atoms with Gasteiger partial charge in [-0.15, -0.1) is 0 Å². The zero-order chi connectivity index (χ0) is 17.1. The zero-order valence-corrected chi connectivity index (χ0v) is 15.8. The lowest BCUT2D eigenvalue weighted by Gasteiger charge is -2.55. The van der Waals surface area contributed by atoms with Crippen molar-refractivity contribution in [3.63, 3.8) is 0 Å². The maximum atomic E-state index is 10.2. The summed E-state index contributed by atoms with van der Waals surface area (Å²) in [5.41, 5.74) is 5.25. The van der Waals surface area contributed by atoms with Crippen LogP contribution in [0, 0.1) is 22.7 Å². The molecule has 2 unspecified atom stereocenters. The number of aliphatic hydroxyl groups excluding tert-OH is 1. The highest BCUT2D eigenvalue weighted by molar-refractivity contribution is 5.44. The van der Waals surface area contributed by atoms with Crippen LogP contribution in [0.1, 0.15) is 58.8 Å². The quantitative estimate of drug-likeness (QED) is 0.727. The van der Waals surface area contributed by atoms with E-state index in [1.54, 1.807) is 5.57 Å². The van der Waals surface area contributed by atoms with Gasteiger partial charge in [-0.1, -0.05) is 19.4 Å². The van der Waals surface area contributed by atoms with Crippen LogP contribution >= 0.6 is 0 Å². The molecule has 24 heavy (non-hydrogen) atoms. The minimum Gasteiger partial charge on any atom is -0.393 e. The molecule has 0 aromatic carbocycles. The molecule has 3 nitrogen and oxygen atoms in total. The highest BCUT2D eigenvalue weighted by Crippen LogP contribution is 2.64. The monoisotopic (exact) mass is 330 g/mol. The lowest BCUT2D eigenvalue weighted by atomic mass is 9.50. The average Bonchev–Trinajstić information content (AvgIpc) is 2.91. The van der Waals surface area contributed by atoms with Gasteiger partial charge >= 0.3 is 0 Å². The normalized spacial score (nSPS) is 47.6. The fourth-order valence-corrected chi connectivity index (χ4v) is 6.77. The van der Waals surface area contributed by atoms with Crippen LogP contribution in [0.3, 0.4) is 0 Å². The fourth-order valence-electron chi connectivity index (χ4n) is 6.77. The second-order valence-corrected chi connectivity index (χ2v) is 9.17. The lowest BCUT2D eigenvalue weighted by molar-refractivity contribution is 0.0503. The summed E-state index contributed by atoms with van der Waals surface area (Å²) < 4.78 is 0. The predicted molar refractivity (Wildman–Crippen MR) is 98.5 cm³/mol. The average molecular weight is 331 g/mol. The Morgan fingerprint density at radius 1 is 1.04 bits per heavy atom. The molecule has 3 fully saturated rings. The second kappa shape index (κ2) is 5.60. The molecule has 0 aliphatic heterocycles. The Balaban J connectivity index is 1.81. The number of fused-ring (bicyclic) bond motifs is 5. The van der Waals surface area contributed by atoms with Gasteiger partial charge in [0.15, 0.2) is 0 Å². The summed E-state index contributed by atoms with van der Waals surface area (Å²) in [5.74, 6) is 1.37. The number of hydrogen-bond donors (Lipinski definition) is 3. The van der Waals surface area contributed by atoms with Crippen LogP contribution in [0.4, 0.5) is 0 Å². The van der Waals surface area contributed by atoms with Crippen LogP contribution in [0.25, 0.3) is 0 Å². The maximum Gasteiger partial charge on any atom is 0.0578 e. The molecule has 0 heterocycles. The van der Waals surface area contributed by atoms with Crippen LogP contribution in [-0.2, 0) is 0 Å². The minimum atomic E-state index is -0.141. The largest absolute Gasteiger partial charge is 0.393 e. The minimum absolute atomic E-state index is 0.141. The first-order chi connectivity index (χ1) is 11.4. The summed E-state index contributed by atoms with van der Waals surface area (Å²) in [6.45, 7) is 5.00. The van der Waals surface area contributed by atoms with Crippen molar-refractivity contribution in [2.75, 3.05) is 14.1 Å². The molecule has 3 heteroatoms. The van der Waals surface area contributed by atoms with Crippen LogP contribution in [0.15, 0.2) is 22.9 Å². The molecule has 0 bridgehead atoms. The summed E-state index contributed by atoms with van der Waals surface area (Å²) in [6, 6.07) is 0.653. The van der Waals surface area contributed by atoms with Gasteiger partial charge in [-0.05, 0) is 86.3 Å². The van der Waals surface area contributed by atoms with E-state index >= 15 is 0 Å². The summed E-state index contributed by atoms with van der Waals surface area (Å²) in [5, 5.41) is 17.3. The maximum absolute atomic E-state index is 10.2. The molecule has 0 radical (unpaired) electrons. The molecule has 3 saturated carbocycles. The summed E-state index contributed by atoms with van der Waals surface area (Å²) >= 11 is 0. The van der Waals surface area contributed by atoms with Gasteiger partial charge in [-0.2, -0.15) is 0 Å². The van der Waals surface area contributed by atoms with Crippen molar-refractivity contribution in [3.05, 3.63) is 22.9 Å². The number of hydrogen-bond acceptors (Lipinski definition) is 3. The topological polar surface area (TPSA) is 44.3 Å². The number of allylic oxidation sites excluding steroid dienone is 2. The summed E-state index contributed by atoms with van der Waals surface area (Å²) in [4.78, 5) is 0. The van der Waals surface area contributed by atoms with Crippen LogP contribution in [-0.4, -0.2) is 31.3 Å². The number of aliphatic hydroxyl groups is 1. The Morgan fingerprint density at radius 3 is 2.54 bits per heavy atom. The van der Waals surface area contributed by atoms with E-state index in [0.29, 0.717) is 23.3 Å². The lowest BCUT2D eigenvalue weighted by Crippen LogP contribution is -2.50. The van der Waals surface area contributed by atoms with E-state index < -0.39 is 0 Å². The van der Waals surface area contributed by atoms with Gasteiger partial charge in [0, 0.05) is 18.8 Å². The van der Waals surface area contributed by atoms with Gasteiger partial charge in [0.25, 0.3) is 0 Å². The molecule has 0 spiro atoms. The van der Waals surface area contributed by atoms with Crippen molar-refractivity contribution < 1.29 is 5.11 Å². The molecule has 4 aliphatic carbocycles. The fraction of sp³-hybridized carbons (Fsp3) is 0.810. The molecule has 134 valence electrons. The van der Waals surface area contributed by atoms with Gasteiger partial charge in [-0.25, -0.2) is 0 Å². The van der Waals surface area contributed by atoms with Crippen molar-refractivity contribution in [1.29, 1.82) is 0 Å². The van der Waals surface area contributed by atoms with Crippen LogP contribution in [0.2, 0.25) is 0 Å². The third-order valence-electron chi connectivity index (χ3n) is 8.26. The number of likely N-dealkylation sites (N-methyl/N-ethyl adjacent to an activating group) is 1. The number of nitrogens with one attached hydrogen (secondary N) is 2. The molecule has 0 aromatic heterocycles. The van der Waals surface area contributed by atoms with Crippen molar-refractivity contribution in [3.8, 4) is 0 Å². The van der Waals surface area contributed by atoms with Gasteiger partial charge in [-0.3, -0.25) is 0 Å². The molecule has 4 rings (SSSR count). The van der Waals surface area contributed by atoms with E-state index in [2.05, 4.69) is 44.7 Å². The van der Waals surface area contributed by atoms with Crippen molar-refractivity contribution in [2.24, 2.45) is 22.7 Å². The van der Waals surface area contributed by atoms with E-state index in [1.807, 2.05) is 0 Å². The highest BCUT2D eigenvalue weighted by Gasteiger charge is 2.57. The third kappa shape index (κ3) is 2.10. The van der Waals surface area contributed by atoms with Crippen LogP contribution < -0.4 is 10.6 Å².